The minimum atomic E-state index is -3.49. The number of hydrogen-bond acceptors (Lipinski definition) is 3. The van der Waals surface area contributed by atoms with Crippen LogP contribution in [0, 0.1) is 0 Å². The predicted molar refractivity (Wildman–Crippen MR) is 115 cm³/mol. The van der Waals surface area contributed by atoms with Gasteiger partial charge >= 0.3 is 0 Å². The molecule has 1 unspecified atom stereocenters. The first-order valence-corrected chi connectivity index (χ1v) is 11.2. The number of sulfonamides is 1. The van der Waals surface area contributed by atoms with Crippen molar-refractivity contribution in [3.05, 3.63) is 65.9 Å². The number of aromatic nitrogens is 1. The molecule has 1 amide bonds. The van der Waals surface area contributed by atoms with E-state index >= 15 is 0 Å². The molecule has 0 radical (unpaired) electrons. The number of fused-ring (bicyclic) bond motifs is 1. The SMILES string of the molecule is CCN(CC)S(=O)(=O)c1ccc(C(C)NC(=O)c2cc3ccccc3n2C)cc1. The maximum atomic E-state index is 12.8. The molecule has 0 bridgehead atoms. The lowest BCUT2D eigenvalue weighted by molar-refractivity contribution is 0.0932. The summed E-state index contributed by atoms with van der Waals surface area (Å²) in [5, 5.41) is 4.01. The van der Waals surface area contributed by atoms with Crippen molar-refractivity contribution >= 4 is 26.8 Å². The maximum Gasteiger partial charge on any atom is 0.268 e. The topological polar surface area (TPSA) is 71.4 Å². The Hall–Kier alpha value is -2.64. The number of carbonyl (C=O) groups excluding carboxylic acids is 1. The van der Waals surface area contributed by atoms with Crippen molar-refractivity contribution in [2.75, 3.05) is 13.1 Å². The zero-order chi connectivity index (χ0) is 21.2. The predicted octanol–water partition coefficient (Wildman–Crippen LogP) is 3.70. The summed E-state index contributed by atoms with van der Waals surface area (Å²) >= 11 is 0. The molecule has 29 heavy (non-hydrogen) atoms. The summed E-state index contributed by atoms with van der Waals surface area (Å²) in [4.78, 5) is 13.0. The number of aryl methyl sites for hydroxylation is 1. The van der Waals surface area contributed by atoms with Gasteiger partial charge in [-0.3, -0.25) is 4.79 Å². The van der Waals surface area contributed by atoms with Crippen molar-refractivity contribution in [2.45, 2.75) is 31.7 Å². The lowest BCUT2D eigenvalue weighted by Gasteiger charge is -2.19. The van der Waals surface area contributed by atoms with Crippen LogP contribution >= 0.6 is 0 Å². The van der Waals surface area contributed by atoms with Crippen molar-refractivity contribution in [3.8, 4) is 0 Å². The Morgan fingerprint density at radius 3 is 2.28 bits per heavy atom. The molecule has 1 heterocycles. The molecule has 1 aromatic heterocycles. The Balaban J connectivity index is 1.77. The molecule has 6 nitrogen and oxygen atoms in total. The van der Waals surface area contributed by atoms with Gasteiger partial charge in [0.1, 0.15) is 5.69 Å². The van der Waals surface area contributed by atoms with Gasteiger partial charge in [-0.05, 0) is 36.8 Å². The summed E-state index contributed by atoms with van der Waals surface area (Å²) in [6.07, 6.45) is 0. The third-order valence-electron chi connectivity index (χ3n) is 5.26. The van der Waals surface area contributed by atoms with E-state index < -0.39 is 10.0 Å². The lowest BCUT2D eigenvalue weighted by Crippen LogP contribution is -2.30. The van der Waals surface area contributed by atoms with E-state index in [9.17, 15) is 13.2 Å². The third-order valence-corrected chi connectivity index (χ3v) is 7.32. The molecular weight excluding hydrogens is 386 g/mol. The molecule has 3 rings (SSSR count). The van der Waals surface area contributed by atoms with Gasteiger partial charge < -0.3 is 9.88 Å². The molecular formula is C22H27N3O3S. The van der Waals surface area contributed by atoms with Crippen LogP contribution in [0.15, 0.2) is 59.5 Å². The molecule has 154 valence electrons. The van der Waals surface area contributed by atoms with Crippen LogP contribution in [0.4, 0.5) is 0 Å². The fraction of sp³-hybridized carbons (Fsp3) is 0.318. The first kappa shape index (κ1) is 21.1. The molecule has 0 aliphatic rings. The Bertz CT molecular complexity index is 1110. The van der Waals surface area contributed by atoms with E-state index in [2.05, 4.69) is 5.32 Å². The van der Waals surface area contributed by atoms with E-state index in [1.807, 2.05) is 62.7 Å². The first-order valence-electron chi connectivity index (χ1n) is 9.75. The molecule has 0 fully saturated rings. The number of hydrogen-bond donors (Lipinski definition) is 1. The summed E-state index contributed by atoms with van der Waals surface area (Å²) in [5.41, 5.74) is 2.42. The molecule has 0 saturated carbocycles. The van der Waals surface area contributed by atoms with Gasteiger partial charge in [0.05, 0.1) is 10.9 Å². The van der Waals surface area contributed by atoms with Gasteiger partial charge in [-0.15, -0.1) is 0 Å². The molecule has 0 spiro atoms. The largest absolute Gasteiger partial charge is 0.344 e. The highest BCUT2D eigenvalue weighted by atomic mass is 32.2. The van der Waals surface area contributed by atoms with Crippen LogP contribution in [0.2, 0.25) is 0 Å². The molecule has 2 aromatic carbocycles. The second kappa shape index (κ2) is 8.39. The smallest absolute Gasteiger partial charge is 0.268 e. The summed E-state index contributed by atoms with van der Waals surface area (Å²) in [7, 11) is -1.62. The summed E-state index contributed by atoms with van der Waals surface area (Å²) in [6, 6.07) is 16.2. The molecule has 1 atom stereocenters. The van der Waals surface area contributed by atoms with E-state index in [0.29, 0.717) is 18.8 Å². The Morgan fingerprint density at radius 1 is 1.07 bits per heavy atom. The van der Waals surface area contributed by atoms with Crippen LogP contribution in [-0.4, -0.2) is 36.3 Å². The van der Waals surface area contributed by atoms with Crippen molar-refractivity contribution in [1.82, 2.24) is 14.2 Å². The zero-order valence-corrected chi connectivity index (χ0v) is 18.0. The van der Waals surface area contributed by atoms with Gasteiger partial charge in [0.2, 0.25) is 10.0 Å². The van der Waals surface area contributed by atoms with E-state index in [1.165, 1.54) is 4.31 Å². The van der Waals surface area contributed by atoms with Crippen LogP contribution in [0.25, 0.3) is 10.9 Å². The molecule has 0 saturated heterocycles. The van der Waals surface area contributed by atoms with Crippen LogP contribution in [0.1, 0.15) is 42.9 Å². The highest BCUT2D eigenvalue weighted by Crippen LogP contribution is 2.21. The van der Waals surface area contributed by atoms with Crippen molar-refractivity contribution in [3.63, 3.8) is 0 Å². The number of nitrogens with one attached hydrogen (secondary N) is 1. The average Bonchev–Trinajstić information content (AvgIpc) is 3.06. The highest BCUT2D eigenvalue weighted by molar-refractivity contribution is 7.89. The third kappa shape index (κ3) is 4.06. The molecule has 1 N–H and O–H groups in total. The lowest BCUT2D eigenvalue weighted by atomic mass is 10.1. The van der Waals surface area contributed by atoms with E-state index in [4.69, 9.17) is 0 Å². The van der Waals surface area contributed by atoms with E-state index in [1.54, 1.807) is 24.3 Å². The fourth-order valence-electron chi connectivity index (χ4n) is 3.50. The number of benzene rings is 2. The average molecular weight is 414 g/mol. The molecule has 3 aromatic rings. The monoisotopic (exact) mass is 413 g/mol. The number of rotatable bonds is 7. The van der Waals surface area contributed by atoms with Crippen LogP contribution in [-0.2, 0) is 17.1 Å². The molecule has 0 aliphatic heterocycles. The normalized spacial score (nSPS) is 13.0. The quantitative estimate of drug-likeness (QED) is 0.642. The Labute approximate surface area is 172 Å². The number of amides is 1. The van der Waals surface area contributed by atoms with Gasteiger partial charge in [0.15, 0.2) is 0 Å². The van der Waals surface area contributed by atoms with E-state index in [-0.39, 0.29) is 16.8 Å². The van der Waals surface area contributed by atoms with Gasteiger partial charge in [0, 0.05) is 31.0 Å². The fourth-order valence-corrected chi connectivity index (χ4v) is 4.96. The van der Waals surface area contributed by atoms with Crippen LogP contribution in [0.5, 0.6) is 0 Å². The van der Waals surface area contributed by atoms with Gasteiger partial charge in [-0.1, -0.05) is 44.2 Å². The van der Waals surface area contributed by atoms with Crippen LogP contribution in [0.3, 0.4) is 0 Å². The van der Waals surface area contributed by atoms with Gasteiger partial charge in [-0.25, -0.2) is 8.42 Å². The summed E-state index contributed by atoms with van der Waals surface area (Å²) in [6.45, 7) is 6.38. The highest BCUT2D eigenvalue weighted by Gasteiger charge is 2.22. The number of nitrogens with zero attached hydrogens (tertiary/aromatic N) is 2. The Kier molecular flexibility index (Phi) is 6.10. The minimum Gasteiger partial charge on any atom is -0.344 e. The maximum absolute atomic E-state index is 12.8. The molecule has 0 aliphatic carbocycles. The standard InChI is InChI=1S/C22H27N3O3S/c1-5-25(6-2)29(27,28)19-13-11-17(12-14-19)16(3)23-22(26)21-15-18-9-7-8-10-20(18)24(21)4/h7-16H,5-6H2,1-4H3,(H,23,26). The zero-order valence-electron chi connectivity index (χ0n) is 17.2. The van der Waals surface area contributed by atoms with Crippen molar-refractivity contribution in [2.24, 2.45) is 7.05 Å². The van der Waals surface area contributed by atoms with Crippen LogP contribution < -0.4 is 5.32 Å². The summed E-state index contributed by atoms with van der Waals surface area (Å²) < 4.78 is 28.5. The second-order valence-electron chi connectivity index (χ2n) is 7.00. The number of carbonyl (C=O) groups is 1. The Morgan fingerprint density at radius 2 is 1.69 bits per heavy atom. The van der Waals surface area contributed by atoms with Gasteiger partial charge in [-0.2, -0.15) is 4.31 Å². The minimum absolute atomic E-state index is 0.170. The number of para-hydroxylation sites is 1. The van der Waals surface area contributed by atoms with Crippen molar-refractivity contribution in [1.29, 1.82) is 0 Å². The molecule has 7 heteroatoms. The van der Waals surface area contributed by atoms with Gasteiger partial charge in [0.25, 0.3) is 5.91 Å². The van der Waals surface area contributed by atoms with Crippen molar-refractivity contribution < 1.29 is 13.2 Å². The first-order chi connectivity index (χ1) is 13.8. The summed E-state index contributed by atoms with van der Waals surface area (Å²) in [5.74, 6) is -0.170. The van der Waals surface area contributed by atoms with E-state index in [0.717, 1.165) is 16.5 Å². The second-order valence-corrected chi connectivity index (χ2v) is 8.94.